The van der Waals surface area contributed by atoms with E-state index in [9.17, 15) is 4.79 Å². The Morgan fingerprint density at radius 3 is 2.72 bits per heavy atom. The molecule has 0 N–H and O–H groups in total. The van der Waals surface area contributed by atoms with Crippen LogP contribution in [-0.4, -0.2) is 27.6 Å². The SMILES string of the molecule is C=CCOC(=O)c1nnn(CC(CC)CC)c1C. The Labute approximate surface area is 108 Å². The number of hydrogen-bond acceptors (Lipinski definition) is 4. The van der Waals surface area contributed by atoms with Crippen LogP contribution in [0.15, 0.2) is 12.7 Å². The van der Waals surface area contributed by atoms with E-state index in [1.165, 1.54) is 6.08 Å². The highest BCUT2D eigenvalue weighted by molar-refractivity contribution is 5.88. The van der Waals surface area contributed by atoms with Crippen molar-refractivity contribution in [1.82, 2.24) is 15.0 Å². The van der Waals surface area contributed by atoms with Crippen LogP contribution in [0.3, 0.4) is 0 Å². The smallest absolute Gasteiger partial charge is 0.361 e. The van der Waals surface area contributed by atoms with Crippen LogP contribution in [-0.2, 0) is 11.3 Å². The summed E-state index contributed by atoms with van der Waals surface area (Å²) in [6, 6.07) is 0. The van der Waals surface area contributed by atoms with E-state index in [0.717, 1.165) is 25.1 Å². The molecule has 1 heterocycles. The van der Waals surface area contributed by atoms with Crippen molar-refractivity contribution < 1.29 is 9.53 Å². The molecule has 0 aliphatic carbocycles. The zero-order valence-electron chi connectivity index (χ0n) is 11.3. The maximum absolute atomic E-state index is 11.7. The summed E-state index contributed by atoms with van der Waals surface area (Å²) in [6.45, 7) is 10.6. The van der Waals surface area contributed by atoms with Gasteiger partial charge in [0, 0.05) is 6.54 Å². The van der Waals surface area contributed by atoms with Crippen molar-refractivity contribution in [2.75, 3.05) is 6.61 Å². The molecule has 1 aromatic heterocycles. The lowest BCUT2D eigenvalue weighted by Gasteiger charge is -2.12. The molecule has 100 valence electrons. The van der Waals surface area contributed by atoms with E-state index in [2.05, 4.69) is 30.7 Å². The fourth-order valence-corrected chi connectivity index (χ4v) is 1.72. The van der Waals surface area contributed by atoms with Crippen molar-refractivity contribution in [2.45, 2.75) is 40.2 Å². The fourth-order valence-electron chi connectivity index (χ4n) is 1.72. The molecule has 1 rings (SSSR count). The zero-order chi connectivity index (χ0) is 13.5. The molecule has 0 fully saturated rings. The molecule has 0 radical (unpaired) electrons. The number of rotatable bonds is 7. The van der Waals surface area contributed by atoms with Crippen molar-refractivity contribution >= 4 is 5.97 Å². The van der Waals surface area contributed by atoms with Gasteiger partial charge in [0.2, 0.25) is 0 Å². The first kappa shape index (κ1) is 14.4. The van der Waals surface area contributed by atoms with Gasteiger partial charge in [-0.1, -0.05) is 44.6 Å². The first-order valence-electron chi connectivity index (χ1n) is 6.32. The topological polar surface area (TPSA) is 57.0 Å². The van der Waals surface area contributed by atoms with Crippen LogP contribution < -0.4 is 0 Å². The van der Waals surface area contributed by atoms with E-state index in [-0.39, 0.29) is 6.61 Å². The van der Waals surface area contributed by atoms with Crippen LogP contribution in [0.4, 0.5) is 0 Å². The lowest BCUT2D eigenvalue weighted by Crippen LogP contribution is -2.13. The third-order valence-electron chi connectivity index (χ3n) is 3.09. The van der Waals surface area contributed by atoms with Gasteiger partial charge < -0.3 is 4.74 Å². The molecule has 5 heteroatoms. The van der Waals surface area contributed by atoms with E-state index < -0.39 is 5.97 Å². The van der Waals surface area contributed by atoms with Gasteiger partial charge in [0.25, 0.3) is 0 Å². The van der Waals surface area contributed by atoms with E-state index >= 15 is 0 Å². The van der Waals surface area contributed by atoms with Gasteiger partial charge >= 0.3 is 5.97 Å². The van der Waals surface area contributed by atoms with Gasteiger partial charge in [0.1, 0.15) is 6.61 Å². The second kappa shape index (κ2) is 6.93. The number of hydrogen-bond donors (Lipinski definition) is 0. The van der Waals surface area contributed by atoms with Gasteiger partial charge in [-0.15, -0.1) is 5.10 Å². The summed E-state index contributed by atoms with van der Waals surface area (Å²) in [5.41, 5.74) is 1.05. The molecule has 0 spiro atoms. The maximum Gasteiger partial charge on any atom is 0.361 e. The van der Waals surface area contributed by atoms with E-state index in [0.29, 0.717) is 11.6 Å². The van der Waals surface area contributed by atoms with Crippen molar-refractivity contribution in [2.24, 2.45) is 5.92 Å². The lowest BCUT2D eigenvalue weighted by atomic mass is 10.0. The predicted molar refractivity (Wildman–Crippen MR) is 69.3 cm³/mol. The minimum absolute atomic E-state index is 0.192. The molecule has 5 nitrogen and oxygen atoms in total. The molecule has 1 aromatic rings. The van der Waals surface area contributed by atoms with Gasteiger partial charge in [-0.2, -0.15) is 0 Å². The highest BCUT2D eigenvalue weighted by Gasteiger charge is 2.18. The molecule has 0 unspecified atom stereocenters. The molecular formula is C13H21N3O2. The summed E-state index contributed by atoms with van der Waals surface area (Å²) in [7, 11) is 0. The predicted octanol–water partition coefficient (Wildman–Crippen LogP) is 2.37. The van der Waals surface area contributed by atoms with Crippen molar-refractivity contribution in [1.29, 1.82) is 0 Å². The van der Waals surface area contributed by atoms with Gasteiger partial charge in [-0.3, -0.25) is 0 Å². The number of ether oxygens (including phenoxy) is 1. The Bertz CT molecular complexity index is 408. The van der Waals surface area contributed by atoms with E-state index in [1.807, 2.05) is 6.92 Å². The van der Waals surface area contributed by atoms with Crippen LogP contribution in [0.25, 0.3) is 0 Å². The third-order valence-corrected chi connectivity index (χ3v) is 3.09. The Morgan fingerprint density at radius 2 is 2.17 bits per heavy atom. The van der Waals surface area contributed by atoms with Gasteiger partial charge in [0.15, 0.2) is 5.69 Å². The van der Waals surface area contributed by atoms with Crippen molar-refractivity contribution in [3.63, 3.8) is 0 Å². The van der Waals surface area contributed by atoms with E-state index in [4.69, 9.17) is 4.74 Å². The number of nitrogens with zero attached hydrogens (tertiary/aromatic N) is 3. The summed E-state index contributed by atoms with van der Waals surface area (Å²) >= 11 is 0. The number of carbonyl (C=O) groups is 1. The standard InChI is InChI=1S/C13H21N3O2/c1-5-8-18-13(17)12-10(4)16(15-14-12)9-11(6-2)7-3/h5,11H,1,6-9H2,2-4H3. The normalized spacial score (nSPS) is 10.7. The first-order chi connectivity index (χ1) is 8.63. The highest BCUT2D eigenvalue weighted by Crippen LogP contribution is 2.13. The van der Waals surface area contributed by atoms with Crippen molar-refractivity contribution in [3.8, 4) is 0 Å². The summed E-state index contributed by atoms with van der Waals surface area (Å²) in [5, 5.41) is 7.91. The minimum Gasteiger partial charge on any atom is -0.457 e. The first-order valence-corrected chi connectivity index (χ1v) is 6.32. The number of esters is 1. The van der Waals surface area contributed by atoms with Gasteiger partial charge in [0.05, 0.1) is 5.69 Å². The van der Waals surface area contributed by atoms with Gasteiger partial charge in [-0.25, -0.2) is 9.48 Å². The largest absolute Gasteiger partial charge is 0.457 e. The average molecular weight is 251 g/mol. The van der Waals surface area contributed by atoms with Crippen LogP contribution >= 0.6 is 0 Å². The van der Waals surface area contributed by atoms with Gasteiger partial charge in [-0.05, 0) is 12.8 Å². The summed E-state index contributed by atoms with van der Waals surface area (Å²) in [5.74, 6) is 0.116. The molecule has 0 saturated heterocycles. The Balaban J connectivity index is 2.76. The third kappa shape index (κ3) is 3.42. The molecule has 0 saturated carbocycles. The summed E-state index contributed by atoms with van der Waals surface area (Å²) in [4.78, 5) is 11.7. The molecule has 0 bridgehead atoms. The highest BCUT2D eigenvalue weighted by atomic mass is 16.5. The molecule has 0 atom stereocenters. The molecule has 0 aliphatic rings. The lowest BCUT2D eigenvalue weighted by molar-refractivity contribution is 0.0542. The molecule has 0 aromatic carbocycles. The second-order valence-corrected chi connectivity index (χ2v) is 4.28. The summed E-state index contributed by atoms with van der Waals surface area (Å²) < 4.78 is 6.74. The molecule has 0 amide bonds. The van der Waals surface area contributed by atoms with E-state index in [1.54, 1.807) is 4.68 Å². The van der Waals surface area contributed by atoms with Crippen LogP contribution in [0.1, 0.15) is 42.9 Å². The zero-order valence-corrected chi connectivity index (χ0v) is 11.3. The molecule has 0 aliphatic heterocycles. The minimum atomic E-state index is -0.441. The quantitative estimate of drug-likeness (QED) is 0.551. The van der Waals surface area contributed by atoms with Crippen molar-refractivity contribution in [3.05, 3.63) is 24.0 Å². The van der Waals surface area contributed by atoms with Crippen LogP contribution in [0.5, 0.6) is 0 Å². The Morgan fingerprint density at radius 1 is 1.50 bits per heavy atom. The van der Waals surface area contributed by atoms with Crippen LogP contribution in [0.2, 0.25) is 0 Å². The maximum atomic E-state index is 11.7. The number of aromatic nitrogens is 3. The Hall–Kier alpha value is -1.65. The molecular weight excluding hydrogens is 230 g/mol. The monoisotopic (exact) mass is 251 g/mol. The Kier molecular flexibility index (Phi) is 5.55. The average Bonchev–Trinajstić information content (AvgIpc) is 2.74. The number of carbonyl (C=O) groups excluding carboxylic acids is 1. The molecule has 18 heavy (non-hydrogen) atoms. The van der Waals surface area contributed by atoms with Crippen LogP contribution in [0, 0.1) is 12.8 Å². The second-order valence-electron chi connectivity index (χ2n) is 4.28. The summed E-state index contributed by atoms with van der Waals surface area (Å²) in [6.07, 6.45) is 3.71. The fraction of sp³-hybridized carbons (Fsp3) is 0.615.